The minimum absolute atomic E-state index is 0.0159. The van der Waals surface area contributed by atoms with E-state index in [1.54, 1.807) is 6.07 Å². The summed E-state index contributed by atoms with van der Waals surface area (Å²) < 4.78 is 6.25. The third-order valence-electron chi connectivity index (χ3n) is 2.98. The molecule has 102 valence electrons. The first-order chi connectivity index (χ1) is 8.26. The molecule has 0 fully saturated rings. The Kier molecular flexibility index (Phi) is 5.05. The van der Waals surface area contributed by atoms with Crippen LogP contribution in [0, 0.1) is 5.41 Å². The Morgan fingerprint density at radius 1 is 1.39 bits per heavy atom. The molecule has 0 unspecified atom stereocenters. The van der Waals surface area contributed by atoms with Crippen LogP contribution in [0.3, 0.4) is 0 Å². The van der Waals surface area contributed by atoms with E-state index in [2.05, 4.69) is 31.9 Å². The highest BCUT2D eigenvalue weighted by molar-refractivity contribution is 9.13. The van der Waals surface area contributed by atoms with Crippen LogP contribution in [0.25, 0.3) is 0 Å². The molecule has 0 saturated carbocycles. The van der Waals surface area contributed by atoms with E-state index in [-0.39, 0.29) is 12.4 Å². The zero-order valence-electron chi connectivity index (χ0n) is 10.5. The van der Waals surface area contributed by atoms with Crippen LogP contribution >= 0.6 is 31.9 Å². The van der Waals surface area contributed by atoms with Gasteiger partial charge in [-0.05, 0) is 43.5 Å². The highest BCUT2D eigenvalue weighted by Crippen LogP contribution is 2.45. The zero-order valence-corrected chi connectivity index (χ0v) is 13.7. The molecule has 6 heteroatoms. The van der Waals surface area contributed by atoms with Crippen molar-refractivity contribution in [3.63, 3.8) is 0 Å². The smallest absolute Gasteiger partial charge is 0.173 e. The van der Waals surface area contributed by atoms with Crippen LogP contribution in [0.15, 0.2) is 15.0 Å². The number of hydrogen-bond donors (Lipinski definition) is 3. The average Bonchev–Trinajstić information content (AvgIpc) is 2.35. The van der Waals surface area contributed by atoms with Crippen molar-refractivity contribution in [3.05, 3.63) is 20.6 Å². The van der Waals surface area contributed by atoms with E-state index in [0.29, 0.717) is 14.7 Å². The lowest BCUT2D eigenvalue weighted by molar-refractivity contribution is 0.132. The lowest BCUT2D eigenvalue weighted by Gasteiger charge is -2.31. The maximum Gasteiger partial charge on any atom is 0.173 e. The van der Waals surface area contributed by atoms with Gasteiger partial charge in [0.15, 0.2) is 11.5 Å². The third-order valence-corrected chi connectivity index (χ3v) is 5.14. The first-order valence-corrected chi connectivity index (χ1v) is 6.96. The molecule has 0 bridgehead atoms. The quantitative estimate of drug-likeness (QED) is 0.748. The number of hydrogen-bond acceptors (Lipinski definition) is 4. The fraction of sp³-hybridized carbons (Fsp3) is 0.500. The highest BCUT2D eigenvalue weighted by atomic mass is 79.9. The second-order valence-corrected chi connectivity index (χ2v) is 6.35. The monoisotopic (exact) mass is 381 g/mol. The Bertz CT molecular complexity index is 449. The summed E-state index contributed by atoms with van der Waals surface area (Å²) in [6, 6.07) is 1.27. The molecule has 0 amide bonds. The number of ether oxygens (including phenoxy) is 1. The molecule has 4 nitrogen and oxygen atoms in total. The lowest BCUT2D eigenvalue weighted by atomic mass is 9.82. The van der Waals surface area contributed by atoms with Crippen LogP contribution in [0.2, 0.25) is 0 Å². The third kappa shape index (κ3) is 2.82. The molecule has 1 atom stereocenters. The number of rotatable bonds is 4. The number of aromatic hydroxyl groups is 1. The molecular weight excluding hydrogens is 366 g/mol. The van der Waals surface area contributed by atoms with E-state index >= 15 is 0 Å². The minimum Gasteiger partial charge on any atom is -0.503 e. The first kappa shape index (κ1) is 15.8. The molecular formula is C12H17Br2NO3. The molecule has 18 heavy (non-hydrogen) atoms. The molecule has 1 rings (SSSR count). The van der Waals surface area contributed by atoms with Crippen molar-refractivity contribution >= 4 is 31.9 Å². The van der Waals surface area contributed by atoms with Crippen LogP contribution < -0.4 is 10.5 Å². The van der Waals surface area contributed by atoms with Crippen molar-refractivity contribution < 1.29 is 14.9 Å². The normalized spacial score (nSPS) is 13.5. The number of aliphatic hydroxyl groups is 1. The van der Waals surface area contributed by atoms with Crippen molar-refractivity contribution in [1.82, 2.24) is 0 Å². The summed E-state index contributed by atoms with van der Waals surface area (Å²) >= 11 is 6.68. The van der Waals surface area contributed by atoms with Crippen LogP contribution in [0.1, 0.15) is 25.5 Å². The lowest BCUT2D eigenvalue weighted by Crippen LogP contribution is -2.32. The number of benzene rings is 1. The summed E-state index contributed by atoms with van der Waals surface area (Å²) in [5, 5.41) is 19.2. The number of nitrogens with two attached hydrogens (primary N) is 1. The number of phenols is 1. The van der Waals surface area contributed by atoms with Crippen molar-refractivity contribution in [1.29, 1.82) is 0 Å². The molecule has 0 aliphatic rings. The average molecular weight is 383 g/mol. The first-order valence-electron chi connectivity index (χ1n) is 5.37. The van der Waals surface area contributed by atoms with E-state index < -0.39 is 11.5 Å². The van der Waals surface area contributed by atoms with Gasteiger partial charge in [0.2, 0.25) is 0 Å². The van der Waals surface area contributed by atoms with Gasteiger partial charge in [0, 0.05) is 22.5 Å². The molecule has 0 saturated heterocycles. The van der Waals surface area contributed by atoms with E-state index in [1.807, 2.05) is 13.8 Å². The van der Waals surface area contributed by atoms with Crippen molar-refractivity contribution in [2.45, 2.75) is 19.9 Å². The van der Waals surface area contributed by atoms with Gasteiger partial charge in [-0.15, -0.1) is 0 Å². The second kappa shape index (κ2) is 5.77. The Morgan fingerprint density at radius 3 is 2.39 bits per heavy atom. The second-order valence-electron chi connectivity index (χ2n) is 4.77. The van der Waals surface area contributed by atoms with E-state index in [4.69, 9.17) is 10.5 Å². The van der Waals surface area contributed by atoms with Gasteiger partial charge < -0.3 is 20.7 Å². The largest absolute Gasteiger partial charge is 0.503 e. The standard InChI is InChI=1S/C12H17Br2NO3/c1-12(2,5-16)11(15)6-4-7(18-3)10(17)9(14)8(6)13/h4,11,16-17H,5,15H2,1-3H3/t11-/m0/s1. The van der Waals surface area contributed by atoms with Gasteiger partial charge in [0.05, 0.1) is 11.6 Å². The Morgan fingerprint density at radius 2 is 1.94 bits per heavy atom. The topological polar surface area (TPSA) is 75.7 Å². The van der Waals surface area contributed by atoms with E-state index in [9.17, 15) is 10.2 Å². The molecule has 0 aromatic heterocycles. The number of phenolic OH excluding ortho intramolecular Hbond substituents is 1. The van der Waals surface area contributed by atoms with Crippen LogP contribution in [-0.2, 0) is 0 Å². The van der Waals surface area contributed by atoms with Crippen molar-refractivity contribution in [2.24, 2.45) is 11.1 Å². The highest BCUT2D eigenvalue weighted by Gasteiger charge is 2.30. The molecule has 0 aliphatic heterocycles. The predicted molar refractivity (Wildman–Crippen MR) is 77.9 cm³/mol. The van der Waals surface area contributed by atoms with Gasteiger partial charge in [-0.25, -0.2) is 0 Å². The zero-order chi connectivity index (χ0) is 14.1. The predicted octanol–water partition coefficient (Wildman–Crippen LogP) is 2.94. The summed E-state index contributed by atoms with van der Waals surface area (Å²) in [4.78, 5) is 0. The van der Waals surface area contributed by atoms with Gasteiger partial charge >= 0.3 is 0 Å². The number of aliphatic hydroxyl groups excluding tert-OH is 1. The van der Waals surface area contributed by atoms with Gasteiger partial charge in [0.1, 0.15) is 0 Å². The van der Waals surface area contributed by atoms with Crippen molar-refractivity contribution in [2.75, 3.05) is 13.7 Å². The van der Waals surface area contributed by atoms with E-state index in [1.165, 1.54) is 7.11 Å². The summed E-state index contributed by atoms with van der Waals surface area (Å²) in [6.07, 6.45) is 0. The fourth-order valence-electron chi connectivity index (χ4n) is 1.51. The van der Waals surface area contributed by atoms with Gasteiger partial charge in [-0.3, -0.25) is 0 Å². The summed E-state index contributed by atoms with van der Waals surface area (Å²) in [6.45, 7) is 3.70. The molecule has 0 spiro atoms. The molecule has 1 aromatic rings. The van der Waals surface area contributed by atoms with Crippen molar-refractivity contribution in [3.8, 4) is 11.5 Å². The van der Waals surface area contributed by atoms with Gasteiger partial charge in [0.25, 0.3) is 0 Å². The number of methoxy groups -OCH3 is 1. The Balaban J connectivity index is 3.38. The molecule has 0 aliphatic carbocycles. The van der Waals surface area contributed by atoms with Crippen LogP contribution in [-0.4, -0.2) is 23.9 Å². The molecule has 4 N–H and O–H groups in total. The molecule has 1 aromatic carbocycles. The summed E-state index contributed by atoms with van der Waals surface area (Å²) in [5.41, 5.74) is 6.46. The van der Waals surface area contributed by atoms with Gasteiger partial charge in [-0.1, -0.05) is 13.8 Å². The Hall–Kier alpha value is -0.300. The summed E-state index contributed by atoms with van der Waals surface area (Å²) in [7, 11) is 1.47. The minimum atomic E-state index is -0.482. The maximum atomic E-state index is 9.85. The SMILES string of the molecule is COc1cc([C@H](N)C(C)(C)CO)c(Br)c(Br)c1O. The maximum absolute atomic E-state index is 9.85. The van der Waals surface area contributed by atoms with Gasteiger partial charge in [-0.2, -0.15) is 0 Å². The molecule has 0 radical (unpaired) electrons. The van der Waals surface area contributed by atoms with Crippen LogP contribution in [0.5, 0.6) is 11.5 Å². The molecule has 0 heterocycles. The summed E-state index contributed by atoms with van der Waals surface area (Å²) in [5.74, 6) is 0.353. The fourth-order valence-corrected chi connectivity index (χ4v) is 2.49. The van der Waals surface area contributed by atoms with Crippen LogP contribution in [0.4, 0.5) is 0 Å². The number of halogens is 2. The Labute approximate surface area is 123 Å². The van der Waals surface area contributed by atoms with E-state index in [0.717, 1.165) is 5.56 Å².